The number of carbonyl (C=O) groups is 1. The molecule has 0 amide bonds. The zero-order valence-electron chi connectivity index (χ0n) is 9.89. The molecular weight excluding hydrogens is 226 g/mol. The van der Waals surface area contributed by atoms with E-state index in [9.17, 15) is 14.9 Å². The van der Waals surface area contributed by atoms with Crippen molar-refractivity contribution in [2.24, 2.45) is 11.3 Å². The van der Waals surface area contributed by atoms with E-state index in [1.54, 1.807) is 0 Å². The van der Waals surface area contributed by atoms with Crippen LogP contribution in [-0.2, 0) is 14.4 Å². The molecule has 0 aromatic rings. The minimum absolute atomic E-state index is 0.0149. The molecule has 0 aliphatic heterocycles. The Morgan fingerprint density at radius 2 is 1.94 bits per heavy atom. The van der Waals surface area contributed by atoms with Crippen molar-refractivity contribution in [2.75, 3.05) is 7.11 Å². The average molecular weight is 243 g/mol. The summed E-state index contributed by atoms with van der Waals surface area (Å²) >= 11 is 0. The SMILES string of the molecule is COC(=O)C1CCC2(CC1)CC(O[N+](=O)[O-])C2. The molecule has 96 valence electrons. The molecule has 2 saturated carbocycles. The molecule has 0 unspecified atom stereocenters. The molecule has 17 heavy (non-hydrogen) atoms. The van der Waals surface area contributed by atoms with E-state index in [0.29, 0.717) is 0 Å². The Morgan fingerprint density at radius 1 is 1.35 bits per heavy atom. The molecule has 0 bridgehead atoms. The molecule has 0 radical (unpaired) electrons. The Hall–Kier alpha value is -1.33. The highest BCUT2D eigenvalue weighted by molar-refractivity contribution is 5.72. The van der Waals surface area contributed by atoms with Gasteiger partial charge in [0.2, 0.25) is 0 Å². The molecule has 0 aromatic carbocycles. The van der Waals surface area contributed by atoms with Crippen LogP contribution in [0.4, 0.5) is 0 Å². The third kappa shape index (κ3) is 2.50. The smallest absolute Gasteiger partial charge is 0.308 e. The number of nitrogens with zero attached hydrogens (tertiary/aromatic N) is 1. The zero-order chi connectivity index (χ0) is 12.5. The molecule has 0 atom stereocenters. The molecule has 6 heteroatoms. The number of esters is 1. The molecule has 1 spiro atoms. The van der Waals surface area contributed by atoms with Gasteiger partial charge in [-0.2, -0.15) is 0 Å². The predicted molar refractivity (Wildman–Crippen MR) is 57.5 cm³/mol. The molecular formula is C11H17NO5. The second kappa shape index (κ2) is 4.50. The Kier molecular flexibility index (Phi) is 3.22. The molecule has 2 fully saturated rings. The zero-order valence-corrected chi connectivity index (χ0v) is 9.89. The molecule has 2 aliphatic carbocycles. The Bertz CT molecular complexity index is 314. The number of hydrogen-bond donors (Lipinski definition) is 0. The lowest BCUT2D eigenvalue weighted by Crippen LogP contribution is -2.46. The van der Waals surface area contributed by atoms with Crippen LogP contribution in [0.25, 0.3) is 0 Å². The first kappa shape index (κ1) is 12.1. The molecule has 0 heterocycles. The van der Waals surface area contributed by atoms with Gasteiger partial charge in [-0.25, -0.2) is 0 Å². The van der Waals surface area contributed by atoms with Crippen molar-refractivity contribution in [2.45, 2.75) is 44.6 Å². The summed E-state index contributed by atoms with van der Waals surface area (Å²) in [7, 11) is 1.41. The van der Waals surface area contributed by atoms with Gasteiger partial charge in [-0.3, -0.25) is 4.79 Å². The van der Waals surface area contributed by atoms with E-state index < -0.39 is 5.09 Å². The highest BCUT2D eigenvalue weighted by Gasteiger charge is 2.48. The van der Waals surface area contributed by atoms with Crippen LogP contribution in [0, 0.1) is 21.4 Å². The van der Waals surface area contributed by atoms with Crippen molar-refractivity contribution < 1.29 is 19.5 Å². The van der Waals surface area contributed by atoms with Crippen molar-refractivity contribution >= 4 is 5.97 Å². The van der Waals surface area contributed by atoms with Gasteiger partial charge in [0.15, 0.2) is 0 Å². The van der Waals surface area contributed by atoms with Gasteiger partial charge in [-0.15, -0.1) is 10.1 Å². The van der Waals surface area contributed by atoms with Crippen LogP contribution in [0.15, 0.2) is 0 Å². The van der Waals surface area contributed by atoms with Gasteiger partial charge in [0.05, 0.1) is 13.0 Å². The number of hydrogen-bond acceptors (Lipinski definition) is 5. The quantitative estimate of drug-likeness (QED) is 0.428. The van der Waals surface area contributed by atoms with Gasteiger partial charge in [-0.05, 0) is 43.9 Å². The van der Waals surface area contributed by atoms with Crippen molar-refractivity contribution in [3.63, 3.8) is 0 Å². The average Bonchev–Trinajstić information content (AvgIpc) is 2.26. The maximum atomic E-state index is 11.4. The molecule has 2 aliphatic rings. The van der Waals surface area contributed by atoms with Crippen LogP contribution < -0.4 is 0 Å². The largest absolute Gasteiger partial charge is 0.469 e. The van der Waals surface area contributed by atoms with Crippen molar-refractivity contribution in [3.8, 4) is 0 Å². The monoisotopic (exact) mass is 243 g/mol. The Morgan fingerprint density at radius 3 is 2.41 bits per heavy atom. The van der Waals surface area contributed by atoms with Crippen LogP contribution >= 0.6 is 0 Å². The van der Waals surface area contributed by atoms with E-state index in [0.717, 1.165) is 38.5 Å². The van der Waals surface area contributed by atoms with Crippen molar-refractivity contribution in [3.05, 3.63) is 10.1 Å². The topological polar surface area (TPSA) is 78.7 Å². The highest BCUT2D eigenvalue weighted by Crippen LogP contribution is 2.53. The fourth-order valence-electron chi connectivity index (χ4n) is 3.14. The minimum atomic E-state index is -0.711. The van der Waals surface area contributed by atoms with Gasteiger partial charge in [0.25, 0.3) is 5.09 Å². The maximum absolute atomic E-state index is 11.4. The molecule has 0 saturated heterocycles. The first-order valence-corrected chi connectivity index (χ1v) is 5.94. The van der Waals surface area contributed by atoms with Crippen LogP contribution in [0.5, 0.6) is 0 Å². The van der Waals surface area contributed by atoms with Gasteiger partial charge in [0, 0.05) is 0 Å². The normalized spacial score (nSPS) is 36.1. The van der Waals surface area contributed by atoms with Crippen LogP contribution in [0.3, 0.4) is 0 Å². The first-order chi connectivity index (χ1) is 8.04. The van der Waals surface area contributed by atoms with E-state index in [4.69, 9.17) is 4.74 Å². The molecule has 0 N–H and O–H groups in total. The first-order valence-electron chi connectivity index (χ1n) is 5.94. The number of rotatable bonds is 3. The molecule has 2 rings (SSSR count). The fourth-order valence-corrected chi connectivity index (χ4v) is 3.14. The highest BCUT2D eigenvalue weighted by atomic mass is 17.0. The van der Waals surface area contributed by atoms with Gasteiger partial charge in [-0.1, -0.05) is 0 Å². The maximum Gasteiger partial charge on any atom is 0.308 e. The summed E-state index contributed by atoms with van der Waals surface area (Å²) in [5.74, 6) is -0.113. The van der Waals surface area contributed by atoms with Crippen LogP contribution in [0.2, 0.25) is 0 Å². The molecule has 6 nitrogen and oxygen atoms in total. The summed E-state index contributed by atoms with van der Waals surface area (Å²) in [6.07, 6.45) is 4.83. The van der Waals surface area contributed by atoms with E-state index in [2.05, 4.69) is 4.84 Å². The van der Waals surface area contributed by atoms with Crippen LogP contribution in [0.1, 0.15) is 38.5 Å². The number of carbonyl (C=O) groups excluding carboxylic acids is 1. The lowest BCUT2D eigenvalue weighted by Gasteiger charge is -2.49. The summed E-state index contributed by atoms with van der Waals surface area (Å²) in [4.78, 5) is 26.1. The second-order valence-corrected chi connectivity index (χ2v) is 5.16. The number of ether oxygens (including phenoxy) is 1. The van der Waals surface area contributed by atoms with E-state index in [1.165, 1.54) is 7.11 Å². The summed E-state index contributed by atoms with van der Waals surface area (Å²) in [6, 6.07) is 0. The van der Waals surface area contributed by atoms with Gasteiger partial charge in [0.1, 0.15) is 6.10 Å². The van der Waals surface area contributed by atoms with Crippen molar-refractivity contribution in [1.29, 1.82) is 0 Å². The second-order valence-electron chi connectivity index (χ2n) is 5.16. The van der Waals surface area contributed by atoms with Crippen LogP contribution in [-0.4, -0.2) is 24.3 Å². The summed E-state index contributed by atoms with van der Waals surface area (Å²) < 4.78 is 4.73. The lowest BCUT2D eigenvalue weighted by molar-refractivity contribution is -0.773. The third-order valence-electron chi connectivity index (χ3n) is 4.14. The lowest BCUT2D eigenvalue weighted by atomic mass is 9.58. The van der Waals surface area contributed by atoms with E-state index in [1.807, 2.05) is 0 Å². The van der Waals surface area contributed by atoms with Gasteiger partial charge < -0.3 is 9.57 Å². The van der Waals surface area contributed by atoms with Gasteiger partial charge >= 0.3 is 5.97 Å². The Balaban J connectivity index is 1.77. The summed E-state index contributed by atoms with van der Waals surface area (Å²) in [5.41, 5.74) is 0.186. The molecule has 0 aromatic heterocycles. The minimum Gasteiger partial charge on any atom is -0.469 e. The Labute approximate surface area is 99.4 Å². The van der Waals surface area contributed by atoms with E-state index in [-0.39, 0.29) is 23.4 Å². The number of methoxy groups -OCH3 is 1. The predicted octanol–water partition coefficient (Wildman–Crippen LogP) is 1.71. The summed E-state index contributed by atoms with van der Waals surface area (Å²) in [5, 5.41) is 9.47. The fraction of sp³-hybridized carbons (Fsp3) is 0.909. The standard InChI is InChI=1S/C11H17NO5/c1-16-10(13)8-2-4-11(5-3-8)6-9(7-11)17-12(14)15/h8-9H,2-7H2,1H3. The third-order valence-corrected chi connectivity index (χ3v) is 4.14. The van der Waals surface area contributed by atoms with Crippen molar-refractivity contribution in [1.82, 2.24) is 0 Å². The van der Waals surface area contributed by atoms with E-state index >= 15 is 0 Å². The summed E-state index contributed by atoms with van der Waals surface area (Å²) in [6.45, 7) is 0.